The molecule has 228 valence electrons. The molecule has 1 amide bonds. The zero-order valence-corrected chi connectivity index (χ0v) is 25.9. The fourth-order valence-corrected chi connectivity index (χ4v) is 5.59. The Balaban J connectivity index is 1.92. The molecule has 1 aromatic heterocycles. The van der Waals surface area contributed by atoms with Gasteiger partial charge in [0.1, 0.15) is 16.4 Å². The first-order chi connectivity index (χ1) is 20.6. The maximum atomic E-state index is 13.7. The van der Waals surface area contributed by atoms with Gasteiger partial charge in [0.05, 0.1) is 51.9 Å². The quantitative estimate of drug-likeness (QED) is 0.132. The largest absolute Gasteiger partial charge is 0.507 e. The number of Topliss-reactive ketones (excluding diaryl/α,β-unsaturated/α-hetero) is 1. The van der Waals surface area contributed by atoms with Gasteiger partial charge in [0.15, 0.2) is 16.6 Å². The van der Waals surface area contributed by atoms with E-state index in [1.54, 1.807) is 50.2 Å². The summed E-state index contributed by atoms with van der Waals surface area (Å²) < 4.78 is 27.4. The van der Waals surface area contributed by atoms with E-state index in [2.05, 4.69) is 4.98 Å². The number of aromatic nitrogens is 1. The molecule has 0 spiro atoms. The van der Waals surface area contributed by atoms with Crippen LogP contribution in [-0.4, -0.2) is 62.3 Å². The fraction of sp³-hybridized carbons (Fsp3) is 0.355. The average Bonchev–Trinajstić information content (AvgIpc) is 3.51. The summed E-state index contributed by atoms with van der Waals surface area (Å²) in [6.07, 6.45) is 0. The number of amides is 1. The van der Waals surface area contributed by atoms with Crippen LogP contribution in [0.4, 0.5) is 5.13 Å². The van der Waals surface area contributed by atoms with Crippen molar-refractivity contribution in [1.82, 2.24) is 4.98 Å². The van der Waals surface area contributed by atoms with Crippen LogP contribution in [0, 0.1) is 12.8 Å². The molecule has 1 atom stereocenters. The smallest absolute Gasteiger partial charge is 0.350 e. The number of thiazole rings is 1. The van der Waals surface area contributed by atoms with Gasteiger partial charge in [-0.3, -0.25) is 14.5 Å². The molecule has 1 saturated heterocycles. The van der Waals surface area contributed by atoms with Crippen LogP contribution in [0.5, 0.6) is 23.0 Å². The standard InChI is InChI=1S/C31H34N2O9S/c1-8-41-30(37)28-17(4)32-31(43-28)33-24(19-13-21(38-5)27(40-7)22(14-19)39-6)23(26(35)29(33)36)25(34)18-9-11-20(12-10-18)42-15-16(2)3/h9-14,16,24,34H,8,15H2,1-7H3/b25-23+. The van der Waals surface area contributed by atoms with Gasteiger partial charge < -0.3 is 28.8 Å². The Morgan fingerprint density at radius 2 is 1.67 bits per heavy atom. The zero-order chi connectivity index (χ0) is 31.4. The number of ketones is 1. The summed E-state index contributed by atoms with van der Waals surface area (Å²) in [5.41, 5.74) is 0.828. The molecule has 1 aliphatic heterocycles. The summed E-state index contributed by atoms with van der Waals surface area (Å²) in [5.74, 6) is -1.08. The number of rotatable bonds is 11. The van der Waals surface area contributed by atoms with Crippen molar-refractivity contribution < 1.29 is 43.2 Å². The van der Waals surface area contributed by atoms with E-state index in [0.717, 1.165) is 16.2 Å². The Morgan fingerprint density at radius 3 is 2.21 bits per heavy atom. The monoisotopic (exact) mass is 610 g/mol. The number of nitrogens with zero attached hydrogens (tertiary/aromatic N) is 2. The molecule has 12 heteroatoms. The van der Waals surface area contributed by atoms with Gasteiger partial charge in [-0.25, -0.2) is 9.78 Å². The minimum atomic E-state index is -1.16. The number of hydrogen-bond donors (Lipinski definition) is 1. The second-order valence-electron chi connectivity index (χ2n) is 9.99. The molecule has 2 heterocycles. The Kier molecular flexibility index (Phi) is 9.59. The maximum absolute atomic E-state index is 13.7. The normalized spacial score (nSPS) is 16.0. The van der Waals surface area contributed by atoms with Gasteiger partial charge in [-0.1, -0.05) is 25.2 Å². The second-order valence-corrected chi connectivity index (χ2v) is 11.0. The van der Waals surface area contributed by atoms with Crippen molar-refractivity contribution >= 4 is 39.9 Å². The van der Waals surface area contributed by atoms with E-state index in [4.69, 9.17) is 23.7 Å². The molecule has 0 radical (unpaired) electrons. The van der Waals surface area contributed by atoms with Crippen molar-refractivity contribution in [2.75, 3.05) is 39.4 Å². The highest BCUT2D eigenvalue weighted by atomic mass is 32.1. The van der Waals surface area contributed by atoms with Gasteiger partial charge in [-0.15, -0.1) is 0 Å². The zero-order valence-electron chi connectivity index (χ0n) is 25.0. The highest BCUT2D eigenvalue weighted by molar-refractivity contribution is 7.17. The van der Waals surface area contributed by atoms with E-state index in [9.17, 15) is 19.5 Å². The van der Waals surface area contributed by atoms with Crippen LogP contribution >= 0.6 is 11.3 Å². The molecule has 0 bridgehead atoms. The van der Waals surface area contributed by atoms with E-state index in [0.29, 0.717) is 40.8 Å². The molecule has 43 heavy (non-hydrogen) atoms. The molecule has 0 saturated carbocycles. The Bertz CT molecular complexity index is 1530. The highest BCUT2D eigenvalue weighted by Gasteiger charge is 2.49. The lowest BCUT2D eigenvalue weighted by molar-refractivity contribution is -0.132. The minimum absolute atomic E-state index is 0.0814. The molecule has 0 aliphatic carbocycles. The first-order valence-corrected chi connectivity index (χ1v) is 14.4. The van der Waals surface area contributed by atoms with E-state index in [-0.39, 0.29) is 33.7 Å². The number of benzene rings is 2. The summed E-state index contributed by atoms with van der Waals surface area (Å²) in [6.45, 7) is 8.02. The summed E-state index contributed by atoms with van der Waals surface area (Å²) in [4.78, 5) is 45.7. The van der Waals surface area contributed by atoms with Crippen LogP contribution in [0.15, 0.2) is 42.0 Å². The number of aliphatic hydroxyl groups is 1. The third kappa shape index (κ3) is 6.14. The molecule has 1 unspecified atom stereocenters. The third-order valence-corrected chi connectivity index (χ3v) is 7.75. The van der Waals surface area contributed by atoms with Crippen LogP contribution < -0.4 is 23.8 Å². The van der Waals surface area contributed by atoms with E-state index < -0.39 is 29.5 Å². The van der Waals surface area contributed by atoms with Crippen molar-refractivity contribution in [3.05, 3.63) is 63.7 Å². The van der Waals surface area contributed by atoms with Crippen molar-refractivity contribution in [2.45, 2.75) is 33.7 Å². The lowest BCUT2D eigenvalue weighted by Crippen LogP contribution is -2.29. The predicted molar refractivity (Wildman–Crippen MR) is 160 cm³/mol. The molecule has 1 N–H and O–H groups in total. The number of hydrogen-bond acceptors (Lipinski definition) is 11. The number of aryl methyl sites for hydroxylation is 1. The number of carbonyl (C=O) groups is 3. The molecule has 3 aromatic rings. The number of aliphatic hydroxyl groups excluding tert-OH is 1. The summed E-state index contributed by atoms with van der Waals surface area (Å²) in [5, 5.41) is 11.6. The SMILES string of the molecule is CCOC(=O)c1sc(N2C(=O)C(=O)/C(=C(/O)c3ccc(OCC(C)C)cc3)C2c2cc(OC)c(OC)c(OC)c2)nc1C. The first kappa shape index (κ1) is 31.4. The second kappa shape index (κ2) is 13.2. The first-order valence-electron chi connectivity index (χ1n) is 13.5. The van der Waals surface area contributed by atoms with Gasteiger partial charge >= 0.3 is 11.9 Å². The number of carbonyl (C=O) groups excluding carboxylic acids is 3. The van der Waals surface area contributed by atoms with Gasteiger partial charge in [0.25, 0.3) is 5.78 Å². The Labute approximate surface area is 253 Å². The number of ether oxygens (including phenoxy) is 5. The van der Waals surface area contributed by atoms with Crippen LogP contribution in [0.25, 0.3) is 5.76 Å². The topological polar surface area (TPSA) is 134 Å². The van der Waals surface area contributed by atoms with Crippen LogP contribution in [0.2, 0.25) is 0 Å². The van der Waals surface area contributed by atoms with Gasteiger partial charge in [0.2, 0.25) is 5.75 Å². The van der Waals surface area contributed by atoms with Gasteiger partial charge in [0, 0.05) is 5.56 Å². The van der Waals surface area contributed by atoms with E-state index in [1.165, 1.54) is 21.3 Å². The Hall–Kier alpha value is -4.58. The Morgan fingerprint density at radius 1 is 1.05 bits per heavy atom. The van der Waals surface area contributed by atoms with Crippen LogP contribution in [-0.2, 0) is 14.3 Å². The molecular weight excluding hydrogens is 576 g/mol. The van der Waals surface area contributed by atoms with Crippen molar-refractivity contribution in [3.8, 4) is 23.0 Å². The van der Waals surface area contributed by atoms with Crippen molar-refractivity contribution in [2.24, 2.45) is 5.92 Å². The summed E-state index contributed by atoms with van der Waals surface area (Å²) >= 11 is 0.915. The van der Waals surface area contributed by atoms with Crippen molar-refractivity contribution in [1.29, 1.82) is 0 Å². The van der Waals surface area contributed by atoms with Crippen LogP contribution in [0.1, 0.15) is 53.3 Å². The third-order valence-electron chi connectivity index (χ3n) is 6.61. The minimum Gasteiger partial charge on any atom is -0.507 e. The maximum Gasteiger partial charge on any atom is 0.350 e. The van der Waals surface area contributed by atoms with Gasteiger partial charge in [-0.2, -0.15) is 0 Å². The molecule has 1 aliphatic rings. The van der Waals surface area contributed by atoms with Crippen molar-refractivity contribution in [3.63, 3.8) is 0 Å². The number of methoxy groups -OCH3 is 3. The molecule has 11 nitrogen and oxygen atoms in total. The van der Waals surface area contributed by atoms with Gasteiger partial charge in [-0.05, 0) is 61.7 Å². The molecular formula is C31H34N2O9S. The average molecular weight is 611 g/mol. The lowest BCUT2D eigenvalue weighted by Gasteiger charge is -2.24. The number of esters is 1. The van der Waals surface area contributed by atoms with E-state index >= 15 is 0 Å². The summed E-state index contributed by atoms with van der Waals surface area (Å²) in [6, 6.07) is 8.59. The molecule has 4 rings (SSSR count). The summed E-state index contributed by atoms with van der Waals surface area (Å²) in [7, 11) is 4.34. The molecule has 1 fully saturated rings. The molecule has 2 aromatic carbocycles. The predicted octanol–water partition coefficient (Wildman–Crippen LogP) is 5.32. The van der Waals surface area contributed by atoms with Crippen LogP contribution in [0.3, 0.4) is 0 Å². The highest BCUT2D eigenvalue weighted by Crippen LogP contribution is 2.48. The van der Waals surface area contributed by atoms with E-state index in [1.807, 2.05) is 13.8 Å². The fourth-order valence-electron chi connectivity index (χ4n) is 4.60. The lowest BCUT2D eigenvalue weighted by atomic mass is 9.94. The number of anilines is 1.